The number of aliphatic imine (C=N–C) groups is 1. The predicted octanol–water partition coefficient (Wildman–Crippen LogP) is 4.71. The summed E-state index contributed by atoms with van der Waals surface area (Å²) in [6, 6.07) is 10.1. The highest BCUT2D eigenvalue weighted by atomic mass is 127. The highest BCUT2D eigenvalue weighted by Gasteiger charge is 2.09. The fraction of sp³-hybridized carbons (Fsp3) is 0.524. The summed E-state index contributed by atoms with van der Waals surface area (Å²) in [5, 5.41) is 10.6. The second kappa shape index (κ2) is 12.6. The molecule has 0 aliphatic heterocycles. The lowest BCUT2D eigenvalue weighted by Gasteiger charge is -2.15. The topological polar surface area (TPSA) is 71.7 Å². The van der Waals surface area contributed by atoms with Crippen LogP contribution >= 0.6 is 24.0 Å². The monoisotopic (exact) mass is 500 g/mol. The third-order valence-electron chi connectivity index (χ3n) is 4.19. The smallest absolute Gasteiger partial charge is 0.191 e. The predicted molar refractivity (Wildman–Crippen MR) is 124 cm³/mol. The summed E-state index contributed by atoms with van der Waals surface area (Å²) in [7, 11) is 1.75. The zero-order chi connectivity index (χ0) is 19.6. The first kappa shape index (κ1) is 24.3. The minimum absolute atomic E-state index is 0. The van der Waals surface area contributed by atoms with Gasteiger partial charge in [0.1, 0.15) is 5.75 Å². The molecule has 0 fully saturated rings. The van der Waals surface area contributed by atoms with Crippen molar-refractivity contribution in [2.75, 3.05) is 13.7 Å². The van der Waals surface area contributed by atoms with E-state index in [2.05, 4.69) is 54.5 Å². The summed E-state index contributed by atoms with van der Waals surface area (Å²) in [5.74, 6) is 3.39. The summed E-state index contributed by atoms with van der Waals surface area (Å²) in [5.41, 5.74) is 2.06. The second-order valence-corrected chi connectivity index (χ2v) is 7.29. The number of guanidine groups is 1. The fourth-order valence-corrected chi connectivity index (χ4v) is 2.45. The van der Waals surface area contributed by atoms with E-state index in [9.17, 15) is 0 Å². The SMILES string of the molecule is CN=C(NCc1cc(C(C)C)no1)NCc1ccccc1OCCC(C)C.I. The Labute approximate surface area is 185 Å². The van der Waals surface area contributed by atoms with Crippen LogP contribution in [-0.4, -0.2) is 24.8 Å². The molecule has 6 nitrogen and oxygen atoms in total. The molecule has 1 aromatic carbocycles. The maximum absolute atomic E-state index is 5.94. The standard InChI is InChI=1S/C21H32N4O2.HI/c1-15(2)10-11-26-20-9-7-6-8-17(20)13-23-21(22-5)24-14-18-12-19(16(3)4)25-27-18;/h6-9,12,15-16H,10-11,13-14H2,1-5H3,(H2,22,23,24);1H. The second-order valence-electron chi connectivity index (χ2n) is 7.29. The molecule has 0 aliphatic rings. The van der Waals surface area contributed by atoms with Gasteiger partial charge in [0.25, 0.3) is 0 Å². The van der Waals surface area contributed by atoms with Gasteiger partial charge in [0.05, 0.1) is 18.8 Å². The molecule has 0 aliphatic carbocycles. The van der Waals surface area contributed by atoms with Gasteiger partial charge in [-0.15, -0.1) is 24.0 Å². The molecule has 2 N–H and O–H groups in total. The Morgan fingerprint density at radius 1 is 1.14 bits per heavy atom. The van der Waals surface area contributed by atoms with Crippen LogP contribution in [-0.2, 0) is 13.1 Å². The number of hydrogen-bond donors (Lipinski definition) is 2. The van der Waals surface area contributed by atoms with Crippen LogP contribution in [0.2, 0.25) is 0 Å². The van der Waals surface area contributed by atoms with E-state index in [1.807, 2.05) is 24.3 Å². The number of ether oxygens (including phenoxy) is 1. The summed E-state index contributed by atoms with van der Waals surface area (Å²) >= 11 is 0. The largest absolute Gasteiger partial charge is 0.493 e. The van der Waals surface area contributed by atoms with Gasteiger partial charge in [-0.2, -0.15) is 0 Å². The van der Waals surface area contributed by atoms with Crippen LogP contribution in [0.4, 0.5) is 0 Å². The van der Waals surface area contributed by atoms with Crippen LogP contribution < -0.4 is 15.4 Å². The molecule has 7 heteroatoms. The van der Waals surface area contributed by atoms with E-state index < -0.39 is 0 Å². The molecule has 156 valence electrons. The zero-order valence-electron chi connectivity index (χ0n) is 17.5. The number of halogens is 1. The third-order valence-corrected chi connectivity index (χ3v) is 4.19. The van der Waals surface area contributed by atoms with Gasteiger partial charge in [0, 0.05) is 25.2 Å². The van der Waals surface area contributed by atoms with Crippen molar-refractivity contribution < 1.29 is 9.26 Å². The Morgan fingerprint density at radius 3 is 2.50 bits per heavy atom. The molecule has 0 saturated carbocycles. The van der Waals surface area contributed by atoms with Crippen molar-refractivity contribution >= 4 is 29.9 Å². The van der Waals surface area contributed by atoms with E-state index in [1.54, 1.807) is 7.05 Å². The number of benzene rings is 1. The van der Waals surface area contributed by atoms with Crippen LogP contribution in [0.5, 0.6) is 5.75 Å². The first-order valence-electron chi connectivity index (χ1n) is 9.60. The molecule has 1 heterocycles. The van der Waals surface area contributed by atoms with Crippen LogP contribution in [0.15, 0.2) is 39.8 Å². The molecular formula is C21H33IN4O2. The van der Waals surface area contributed by atoms with E-state index in [4.69, 9.17) is 9.26 Å². The highest BCUT2D eigenvalue weighted by molar-refractivity contribution is 14.0. The van der Waals surface area contributed by atoms with Crippen molar-refractivity contribution in [1.29, 1.82) is 0 Å². The quantitative estimate of drug-likeness (QED) is 0.297. The van der Waals surface area contributed by atoms with Gasteiger partial charge >= 0.3 is 0 Å². The van der Waals surface area contributed by atoms with Gasteiger partial charge < -0.3 is 19.9 Å². The van der Waals surface area contributed by atoms with Gasteiger partial charge in [0.2, 0.25) is 0 Å². The summed E-state index contributed by atoms with van der Waals surface area (Å²) in [6.07, 6.45) is 1.04. The number of hydrogen-bond acceptors (Lipinski definition) is 4. The Balaban J connectivity index is 0.00000392. The van der Waals surface area contributed by atoms with Crippen molar-refractivity contribution in [3.8, 4) is 5.75 Å². The fourth-order valence-electron chi connectivity index (χ4n) is 2.45. The van der Waals surface area contributed by atoms with Crippen molar-refractivity contribution in [2.45, 2.75) is 53.1 Å². The van der Waals surface area contributed by atoms with Gasteiger partial charge in [0.15, 0.2) is 11.7 Å². The Kier molecular flexibility index (Phi) is 11.0. The molecule has 0 atom stereocenters. The molecule has 0 unspecified atom stereocenters. The Bertz CT molecular complexity index is 729. The molecule has 0 amide bonds. The lowest BCUT2D eigenvalue weighted by molar-refractivity contribution is 0.286. The first-order valence-corrected chi connectivity index (χ1v) is 9.60. The lowest BCUT2D eigenvalue weighted by atomic mass is 10.1. The van der Waals surface area contributed by atoms with E-state index >= 15 is 0 Å². The number of aromatic nitrogens is 1. The number of nitrogens with one attached hydrogen (secondary N) is 2. The maximum Gasteiger partial charge on any atom is 0.191 e. The molecule has 28 heavy (non-hydrogen) atoms. The van der Waals surface area contributed by atoms with Crippen LogP contribution in [0, 0.1) is 5.92 Å². The van der Waals surface area contributed by atoms with E-state index in [0.717, 1.165) is 35.8 Å². The Morgan fingerprint density at radius 2 is 1.86 bits per heavy atom. The minimum atomic E-state index is 0. The number of para-hydroxylation sites is 1. The molecule has 1 aromatic heterocycles. The van der Waals surface area contributed by atoms with Crippen LogP contribution in [0.1, 0.15) is 57.1 Å². The van der Waals surface area contributed by atoms with E-state index in [1.165, 1.54) is 0 Å². The van der Waals surface area contributed by atoms with E-state index in [0.29, 0.717) is 30.9 Å². The summed E-state index contributed by atoms with van der Waals surface area (Å²) in [6.45, 7) is 10.5. The lowest BCUT2D eigenvalue weighted by Crippen LogP contribution is -2.36. The first-order chi connectivity index (χ1) is 13.0. The summed E-state index contributed by atoms with van der Waals surface area (Å²) < 4.78 is 11.3. The van der Waals surface area contributed by atoms with Crippen LogP contribution in [0.25, 0.3) is 0 Å². The average molecular weight is 500 g/mol. The van der Waals surface area contributed by atoms with Gasteiger partial charge in [-0.25, -0.2) is 0 Å². The van der Waals surface area contributed by atoms with Crippen molar-refractivity contribution in [3.63, 3.8) is 0 Å². The Hall–Kier alpha value is -1.77. The highest BCUT2D eigenvalue weighted by Crippen LogP contribution is 2.18. The van der Waals surface area contributed by atoms with E-state index in [-0.39, 0.29) is 24.0 Å². The number of rotatable bonds is 9. The van der Waals surface area contributed by atoms with Crippen LogP contribution in [0.3, 0.4) is 0 Å². The van der Waals surface area contributed by atoms with Crippen molar-refractivity contribution in [2.24, 2.45) is 10.9 Å². The molecule has 0 bridgehead atoms. The zero-order valence-corrected chi connectivity index (χ0v) is 19.8. The third kappa shape index (κ3) is 8.08. The molecule has 2 rings (SSSR count). The molecule has 0 radical (unpaired) electrons. The molecule has 0 saturated heterocycles. The maximum atomic E-state index is 5.94. The molecule has 2 aromatic rings. The molecular weight excluding hydrogens is 467 g/mol. The summed E-state index contributed by atoms with van der Waals surface area (Å²) in [4.78, 5) is 4.27. The normalized spacial score (nSPS) is 11.5. The molecule has 0 spiro atoms. The van der Waals surface area contributed by atoms with Gasteiger partial charge in [-0.05, 0) is 24.3 Å². The van der Waals surface area contributed by atoms with Crippen molar-refractivity contribution in [3.05, 3.63) is 47.3 Å². The average Bonchev–Trinajstić information content (AvgIpc) is 3.12. The minimum Gasteiger partial charge on any atom is -0.493 e. The van der Waals surface area contributed by atoms with Crippen molar-refractivity contribution in [1.82, 2.24) is 15.8 Å². The number of nitrogens with zero attached hydrogens (tertiary/aromatic N) is 2. The van der Waals surface area contributed by atoms with Gasteiger partial charge in [-0.1, -0.05) is 51.1 Å². The van der Waals surface area contributed by atoms with Gasteiger partial charge in [-0.3, -0.25) is 4.99 Å².